The molecule has 3 rings (SSSR count). The highest BCUT2D eigenvalue weighted by molar-refractivity contribution is 6.30. The summed E-state index contributed by atoms with van der Waals surface area (Å²) < 4.78 is 2.04. The predicted octanol–water partition coefficient (Wildman–Crippen LogP) is 4.16. The third-order valence-corrected chi connectivity index (χ3v) is 3.56. The highest BCUT2D eigenvalue weighted by atomic mass is 35.5. The maximum absolute atomic E-state index is 5.96. The molecule has 1 aromatic carbocycles. The van der Waals surface area contributed by atoms with Crippen LogP contribution in [0.4, 0.5) is 0 Å². The van der Waals surface area contributed by atoms with Gasteiger partial charge in [0.25, 0.3) is 0 Å². The maximum atomic E-state index is 5.96. The molecule has 0 radical (unpaired) electrons. The topological polar surface area (TPSA) is 30.7 Å². The number of hydrogen-bond acceptors (Lipinski definition) is 2. The lowest BCUT2D eigenvalue weighted by Gasteiger charge is -2.08. The first-order valence-electron chi connectivity index (χ1n) is 6.36. The van der Waals surface area contributed by atoms with Gasteiger partial charge in [-0.05, 0) is 43.3 Å². The van der Waals surface area contributed by atoms with Crippen LogP contribution < -0.4 is 0 Å². The quantitative estimate of drug-likeness (QED) is 0.680. The summed E-state index contributed by atoms with van der Waals surface area (Å²) in [6.07, 6.45) is 0.694. The Bertz CT molecular complexity index is 748. The number of pyridine rings is 1. The van der Waals surface area contributed by atoms with Crippen molar-refractivity contribution in [2.75, 3.05) is 5.88 Å². The van der Waals surface area contributed by atoms with E-state index in [-0.39, 0.29) is 0 Å². The minimum absolute atomic E-state index is 0.524. The molecular formula is C15H13Cl2N3. The molecule has 0 saturated carbocycles. The summed E-state index contributed by atoms with van der Waals surface area (Å²) in [5.74, 6) is 1.44. The van der Waals surface area contributed by atoms with Gasteiger partial charge in [-0.1, -0.05) is 11.6 Å². The minimum atomic E-state index is 0.524. The molecular weight excluding hydrogens is 293 g/mol. The van der Waals surface area contributed by atoms with Gasteiger partial charge in [0.05, 0.1) is 0 Å². The van der Waals surface area contributed by atoms with Crippen molar-refractivity contribution in [3.05, 3.63) is 52.9 Å². The highest BCUT2D eigenvalue weighted by Crippen LogP contribution is 2.22. The fourth-order valence-electron chi connectivity index (χ4n) is 2.21. The van der Waals surface area contributed by atoms with Gasteiger partial charge < -0.3 is 0 Å². The standard InChI is InChI=1S/C15H13Cl2N3/c1-10-2-7-13-15(18-10)20(14(19-13)8-9-16)12-5-3-11(17)4-6-12/h2-7H,8-9H2,1H3. The fraction of sp³-hybridized carbons (Fsp3) is 0.200. The second-order valence-corrected chi connectivity index (χ2v) is 5.39. The maximum Gasteiger partial charge on any atom is 0.164 e. The van der Waals surface area contributed by atoms with Crippen molar-refractivity contribution in [2.24, 2.45) is 0 Å². The molecule has 0 saturated heterocycles. The summed E-state index contributed by atoms with van der Waals surface area (Å²) in [6, 6.07) is 11.6. The van der Waals surface area contributed by atoms with E-state index in [1.807, 2.05) is 47.9 Å². The van der Waals surface area contributed by atoms with Crippen LogP contribution in [-0.4, -0.2) is 20.4 Å². The van der Waals surface area contributed by atoms with E-state index in [4.69, 9.17) is 23.2 Å². The summed E-state index contributed by atoms with van der Waals surface area (Å²) in [4.78, 5) is 9.23. The second-order valence-electron chi connectivity index (χ2n) is 4.57. The van der Waals surface area contributed by atoms with Crippen LogP contribution in [0.3, 0.4) is 0 Å². The average molecular weight is 306 g/mol. The van der Waals surface area contributed by atoms with Gasteiger partial charge in [-0.15, -0.1) is 11.6 Å². The van der Waals surface area contributed by atoms with E-state index >= 15 is 0 Å². The number of imidazole rings is 1. The first kappa shape index (κ1) is 13.4. The van der Waals surface area contributed by atoms with E-state index < -0.39 is 0 Å². The number of halogens is 2. The zero-order chi connectivity index (χ0) is 14.1. The zero-order valence-corrected chi connectivity index (χ0v) is 12.5. The van der Waals surface area contributed by atoms with Crippen molar-refractivity contribution in [2.45, 2.75) is 13.3 Å². The van der Waals surface area contributed by atoms with E-state index in [0.29, 0.717) is 17.3 Å². The average Bonchev–Trinajstić information content (AvgIpc) is 2.78. The molecule has 3 aromatic rings. The predicted molar refractivity (Wildman–Crippen MR) is 83.0 cm³/mol. The lowest BCUT2D eigenvalue weighted by atomic mass is 10.3. The number of rotatable bonds is 3. The van der Waals surface area contributed by atoms with Gasteiger partial charge in [0, 0.05) is 28.7 Å². The van der Waals surface area contributed by atoms with Gasteiger partial charge in [-0.25, -0.2) is 9.97 Å². The number of benzene rings is 1. The van der Waals surface area contributed by atoms with Crippen molar-refractivity contribution in [1.29, 1.82) is 0 Å². The van der Waals surface area contributed by atoms with E-state index in [9.17, 15) is 0 Å². The van der Waals surface area contributed by atoms with Gasteiger partial charge in [0.2, 0.25) is 0 Å². The Morgan fingerprint density at radius 3 is 2.50 bits per heavy atom. The minimum Gasteiger partial charge on any atom is -0.281 e. The van der Waals surface area contributed by atoms with Gasteiger partial charge in [0.15, 0.2) is 5.65 Å². The number of alkyl halides is 1. The number of nitrogens with zero attached hydrogens (tertiary/aromatic N) is 3. The van der Waals surface area contributed by atoms with E-state index in [0.717, 1.165) is 28.4 Å². The van der Waals surface area contributed by atoms with Gasteiger partial charge in [-0.2, -0.15) is 0 Å². The molecule has 102 valence electrons. The Morgan fingerprint density at radius 2 is 1.80 bits per heavy atom. The lowest BCUT2D eigenvalue weighted by molar-refractivity contribution is 0.904. The Morgan fingerprint density at radius 1 is 1.05 bits per heavy atom. The third kappa shape index (κ3) is 2.39. The van der Waals surface area contributed by atoms with Gasteiger partial charge in [0.1, 0.15) is 11.3 Å². The normalized spacial score (nSPS) is 11.2. The number of aryl methyl sites for hydroxylation is 2. The van der Waals surface area contributed by atoms with Crippen molar-refractivity contribution in [3.63, 3.8) is 0 Å². The van der Waals surface area contributed by atoms with Crippen LogP contribution in [0.15, 0.2) is 36.4 Å². The van der Waals surface area contributed by atoms with Gasteiger partial charge >= 0.3 is 0 Å². The molecule has 0 aliphatic rings. The summed E-state index contributed by atoms with van der Waals surface area (Å²) in [6.45, 7) is 1.97. The van der Waals surface area contributed by atoms with Crippen LogP contribution in [0, 0.1) is 6.92 Å². The van der Waals surface area contributed by atoms with E-state index in [2.05, 4.69) is 9.97 Å². The molecule has 0 spiro atoms. The van der Waals surface area contributed by atoms with Crippen LogP contribution in [-0.2, 0) is 6.42 Å². The van der Waals surface area contributed by atoms with Crippen LogP contribution in [0.2, 0.25) is 5.02 Å². The molecule has 0 amide bonds. The number of aromatic nitrogens is 3. The van der Waals surface area contributed by atoms with Crippen molar-refractivity contribution in [3.8, 4) is 5.69 Å². The zero-order valence-electron chi connectivity index (χ0n) is 11.0. The van der Waals surface area contributed by atoms with Crippen molar-refractivity contribution in [1.82, 2.24) is 14.5 Å². The Balaban J connectivity index is 2.27. The molecule has 0 bridgehead atoms. The number of fused-ring (bicyclic) bond motifs is 1. The smallest absolute Gasteiger partial charge is 0.164 e. The summed E-state index contributed by atoms with van der Waals surface area (Å²) in [5.41, 5.74) is 3.69. The molecule has 0 aliphatic heterocycles. The van der Waals surface area contributed by atoms with Crippen LogP contribution in [0.25, 0.3) is 16.9 Å². The Labute approximate surface area is 127 Å². The molecule has 0 fully saturated rings. The molecule has 0 aliphatic carbocycles. The second kappa shape index (κ2) is 5.43. The molecule has 0 N–H and O–H groups in total. The summed E-state index contributed by atoms with van der Waals surface area (Å²) >= 11 is 11.8. The molecule has 3 nitrogen and oxygen atoms in total. The molecule has 0 atom stereocenters. The SMILES string of the molecule is Cc1ccc2nc(CCCl)n(-c3ccc(Cl)cc3)c2n1. The first-order chi connectivity index (χ1) is 9.69. The summed E-state index contributed by atoms with van der Waals surface area (Å²) in [5, 5.41) is 0.709. The Hall–Kier alpha value is -1.58. The van der Waals surface area contributed by atoms with Gasteiger partial charge in [-0.3, -0.25) is 4.57 Å². The van der Waals surface area contributed by atoms with Crippen molar-refractivity contribution >= 4 is 34.4 Å². The van der Waals surface area contributed by atoms with Crippen LogP contribution in [0.5, 0.6) is 0 Å². The molecule has 2 heterocycles. The molecule has 0 unspecified atom stereocenters. The Kier molecular flexibility index (Phi) is 3.64. The molecule has 2 aromatic heterocycles. The first-order valence-corrected chi connectivity index (χ1v) is 7.27. The van der Waals surface area contributed by atoms with Crippen molar-refractivity contribution < 1.29 is 0 Å². The van der Waals surface area contributed by atoms with Crippen LogP contribution >= 0.6 is 23.2 Å². The largest absolute Gasteiger partial charge is 0.281 e. The molecule has 20 heavy (non-hydrogen) atoms. The van der Waals surface area contributed by atoms with Crippen LogP contribution in [0.1, 0.15) is 11.5 Å². The number of hydrogen-bond donors (Lipinski definition) is 0. The third-order valence-electron chi connectivity index (χ3n) is 3.12. The molecule has 5 heteroatoms. The summed E-state index contributed by atoms with van der Waals surface area (Å²) in [7, 11) is 0. The highest BCUT2D eigenvalue weighted by Gasteiger charge is 2.13. The lowest BCUT2D eigenvalue weighted by Crippen LogP contribution is -2.03. The fourth-order valence-corrected chi connectivity index (χ4v) is 2.51. The monoisotopic (exact) mass is 305 g/mol. The van der Waals surface area contributed by atoms with E-state index in [1.54, 1.807) is 0 Å². The van der Waals surface area contributed by atoms with E-state index in [1.165, 1.54) is 0 Å².